The number of allylic oxidation sites excluding steroid dienone is 1. The molecule has 1 aromatic carbocycles. The number of carboxylic acid groups (broad SMARTS) is 1. The number of amides is 1. The van der Waals surface area contributed by atoms with E-state index in [0.29, 0.717) is 5.70 Å². The van der Waals surface area contributed by atoms with Gasteiger partial charge in [0.15, 0.2) is 0 Å². The van der Waals surface area contributed by atoms with Crippen LogP contribution in [-0.4, -0.2) is 17.0 Å². The molecular weight excluding hydrogens is 218 g/mol. The van der Waals surface area contributed by atoms with Gasteiger partial charge in [0, 0.05) is 5.70 Å². The fourth-order valence-corrected chi connectivity index (χ4v) is 2.04. The average molecular weight is 231 g/mol. The van der Waals surface area contributed by atoms with Gasteiger partial charge < -0.3 is 5.11 Å². The minimum Gasteiger partial charge on any atom is -0.478 e. The highest BCUT2D eigenvalue weighted by Gasteiger charge is 2.32. The van der Waals surface area contributed by atoms with Crippen LogP contribution in [0, 0.1) is 6.92 Å². The number of carbonyl (C=O) groups is 2. The maximum atomic E-state index is 11.9. The lowest BCUT2D eigenvalue weighted by Gasteiger charge is -2.20. The molecule has 0 saturated heterocycles. The molecular formula is C13H13NO3. The lowest BCUT2D eigenvalue weighted by atomic mass is 10.2. The largest absolute Gasteiger partial charge is 0.478 e. The minimum atomic E-state index is -1.02. The van der Waals surface area contributed by atoms with Crippen LogP contribution in [0.4, 0.5) is 5.69 Å². The fourth-order valence-electron chi connectivity index (χ4n) is 2.04. The van der Waals surface area contributed by atoms with E-state index in [0.717, 1.165) is 11.3 Å². The van der Waals surface area contributed by atoms with Gasteiger partial charge in [-0.3, -0.25) is 9.69 Å². The smallest absolute Gasteiger partial charge is 0.333 e. The number of anilines is 1. The monoisotopic (exact) mass is 231 g/mol. The van der Waals surface area contributed by atoms with Crippen molar-refractivity contribution >= 4 is 17.6 Å². The van der Waals surface area contributed by atoms with E-state index in [1.807, 2.05) is 31.2 Å². The molecule has 88 valence electrons. The number of hydrogen-bond acceptors (Lipinski definition) is 2. The Labute approximate surface area is 99.2 Å². The molecule has 0 saturated carbocycles. The van der Waals surface area contributed by atoms with Gasteiger partial charge in [0.05, 0.1) is 17.7 Å². The molecule has 1 aromatic rings. The fraction of sp³-hybridized carbons (Fsp3) is 0.231. The molecule has 1 N–H and O–H groups in total. The second-order valence-electron chi connectivity index (χ2n) is 4.06. The van der Waals surface area contributed by atoms with Crippen LogP contribution in [0.1, 0.15) is 18.9 Å². The summed E-state index contributed by atoms with van der Waals surface area (Å²) in [5, 5.41) is 9.00. The molecule has 0 radical (unpaired) electrons. The number of carbonyl (C=O) groups excluding carboxylic acids is 1. The van der Waals surface area contributed by atoms with Gasteiger partial charge in [-0.1, -0.05) is 18.2 Å². The third-order valence-corrected chi connectivity index (χ3v) is 2.96. The third-order valence-electron chi connectivity index (χ3n) is 2.96. The van der Waals surface area contributed by atoms with Crippen molar-refractivity contribution in [2.24, 2.45) is 0 Å². The van der Waals surface area contributed by atoms with E-state index in [4.69, 9.17) is 5.11 Å². The lowest BCUT2D eigenvalue weighted by molar-refractivity contribution is -0.133. The zero-order valence-electron chi connectivity index (χ0n) is 9.73. The van der Waals surface area contributed by atoms with Crippen LogP contribution in [0.2, 0.25) is 0 Å². The van der Waals surface area contributed by atoms with Crippen molar-refractivity contribution in [2.75, 3.05) is 4.90 Å². The molecule has 0 spiro atoms. The molecule has 1 aliphatic rings. The van der Waals surface area contributed by atoms with Crippen LogP contribution in [0.5, 0.6) is 0 Å². The Kier molecular flexibility index (Phi) is 2.71. The van der Waals surface area contributed by atoms with Gasteiger partial charge in [-0.15, -0.1) is 0 Å². The SMILES string of the molecule is CC1=C(C(=O)O)CC(=O)N1c1ccccc1C. The van der Waals surface area contributed by atoms with Crippen molar-refractivity contribution in [3.05, 3.63) is 41.1 Å². The first-order chi connectivity index (χ1) is 8.02. The number of nitrogens with zero attached hydrogens (tertiary/aromatic N) is 1. The lowest BCUT2D eigenvalue weighted by Crippen LogP contribution is -2.24. The van der Waals surface area contributed by atoms with Crippen molar-refractivity contribution in [3.63, 3.8) is 0 Å². The predicted octanol–water partition coefficient (Wildman–Crippen LogP) is 2.09. The Morgan fingerprint density at radius 1 is 1.29 bits per heavy atom. The summed E-state index contributed by atoms with van der Waals surface area (Å²) in [7, 11) is 0. The first kappa shape index (κ1) is 11.4. The van der Waals surface area contributed by atoms with Crippen LogP contribution in [0.15, 0.2) is 35.5 Å². The van der Waals surface area contributed by atoms with Gasteiger partial charge in [0.2, 0.25) is 5.91 Å². The number of rotatable bonds is 2. The first-order valence-electron chi connectivity index (χ1n) is 5.34. The summed E-state index contributed by atoms with van der Waals surface area (Å²) in [5.41, 5.74) is 2.40. The number of benzene rings is 1. The van der Waals surface area contributed by atoms with E-state index in [-0.39, 0.29) is 17.9 Å². The molecule has 1 aliphatic heterocycles. The zero-order chi connectivity index (χ0) is 12.6. The molecule has 17 heavy (non-hydrogen) atoms. The molecule has 4 nitrogen and oxygen atoms in total. The first-order valence-corrected chi connectivity index (χ1v) is 5.34. The number of hydrogen-bond donors (Lipinski definition) is 1. The molecule has 4 heteroatoms. The Bertz CT molecular complexity index is 531. The van der Waals surface area contributed by atoms with Crippen LogP contribution >= 0.6 is 0 Å². The second kappa shape index (κ2) is 4.05. The molecule has 0 unspecified atom stereocenters. The molecule has 0 atom stereocenters. The van der Waals surface area contributed by atoms with E-state index >= 15 is 0 Å². The van der Waals surface area contributed by atoms with Crippen molar-refractivity contribution < 1.29 is 14.7 Å². The molecule has 0 aliphatic carbocycles. The summed E-state index contributed by atoms with van der Waals surface area (Å²) in [6.07, 6.45) is -0.0322. The standard InChI is InChI=1S/C13H13NO3/c1-8-5-3-4-6-11(8)14-9(2)10(13(16)17)7-12(14)15/h3-6H,7H2,1-2H3,(H,16,17). The summed E-state index contributed by atoms with van der Waals surface area (Å²) in [6, 6.07) is 7.44. The molecule has 2 rings (SSSR count). The highest BCUT2D eigenvalue weighted by molar-refractivity contribution is 6.08. The Balaban J connectivity index is 2.50. The second-order valence-corrected chi connectivity index (χ2v) is 4.06. The predicted molar refractivity (Wildman–Crippen MR) is 63.6 cm³/mol. The van der Waals surface area contributed by atoms with Crippen LogP contribution in [-0.2, 0) is 9.59 Å². The highest BCUT2D eigenvalue weighted by atomic mass is 16.4. The minimum absolute atomic E-state index is 0.0322. The molecule has 0 aromatic heterocycles. The van der Waals surface area contributed by atoms with Gasteiger partial charge >= 0.3 is 5.97 Å². The third kappa shape index (κ3) is 1.82. The molecule has 0 bridgehead atoms. The number of aryl methyl sites for hydroxylation is 1. The highest BCUT2D eigenvalue weighted by Crippen LogP contribution is 2.31. The zero-order valence-corrected chi connectivity index (χ0v) is 9.73. The summed E-state index contributed by atoms with van der Waals surface area (Å²) in [6.45, 7) is 3.56. The topological polar surface area (TPSA) is 57.6 Å². The van der Waals surface area contributed by atoms with Gasteiger partial charge in [-0.2, -0.15) is 0 Å². The van der Waals surface area contributed by atoms with E-state index < -0.39 is 5.97 Å². The molecule has 1 heterocycles. The van der Waals surface area contributed by atoms with E-state index in [2.05, 4.69) is 0 Å². The van der Waals surface area contributed by atoms with Gasteiger partial charge in [-0.05, 0) is 25.5 Å². The Morgan fingerprint density at radius 2 is 1.94 bits per heavy atom. The average Bonchev–Trinajstić information content (AvgIpc) is 2.56. The van der Waals surface area contributed by atoms with Crippen molar-refractivity contribution in [2.45, 2.75) is 20.3 Å². The van der Waals surface area contributed by atoms with Gasteiger partial charge in [0.1, 0.15) is 0 Å². The number of para-hydroxylation sites is 1. The van der Waals surface area contributed by atoms with Crippen molar-refractivity contribution in [1.82, 2.24) is 0 Å². The maximum Gasteiger partial charge on any atom is 0.333 e. The Hall–Kier alpha value is -2.10. The van der Waals surface area contributed by atoms with E-state index in [9.17, 15) is 9.59 Å². The molecule has 1 amide bonds. The quantitative estimate of drug-likeness (QED) is 0.847. The van der Waals surface area contributed by atoms with Crippen LogP contribution < -0.4 is 4.90 Å². The number of carboxylic acids is 1. The summed E-state index contributed by atoms with van der Waals surface area (Å²) in [5.74, 6) is -1.21. The number of aliphatic carboxylic acids is 1. The van der Waals surface area contributed by atoms with Gasteiger partial charge in [0.25, 0.3) is 0 Å². The van der Waals surface area contributed by atoms with Gasteiger partial charge in [-0.25, -0.2) is 4.79 Å². The van der Waals surface area contributed by atoms with Crippen molar-refractivity contribution in [1.29, 1.82) is 0 Å². The molecule has 0 fully saturated rings. The normalized spacial score (nSPS) is 15.6. The van der Waals surface area contributed by atoms with Crippen molar-refractivity contribution in [3.8, 4) is 0 Å². The maximum absolute atomic E-state index is 11.9. The summed E-state index contributed by atoms with van der Waals surface area (Å²) in [4.78, 5) is 24.3. The Morgan fingerprint density at radius 3 is 2.47 bits per heavy atom. The summed E-state index contributed by atoms with van der Waals surface area (Å²) < 4.78 is 0. The van der Waals surface area contributed by atoms with Crippen LogP contribution in [0.3, 0.4) is 0 Å². The van der Waals surface area contributed by atoms with Crippen LogP contribution in [0.25, 0.3) is 0 Å². The van der Waals surface area contributed by atoms with E-state index in [1.54, 1.807) is 6.92 Å². The van der Waals surface area contributed by atoms with E-state index in [1.165, 1.54) is 4.90 Å². The summed E-state index contributed by atoms with van der Waals surface area (Å²) >= 11 is 0.